The van der Waals surface area contributed by atoms with Crippen LogP contribution in [0.4, 0.5) is 0 Å². The van der Waals surface area contributed by atoms with Crippen molar-refractivity contribution in [2.24, 2.45) is 0 Å². The van der Waals surface area contributed by atoms with Gasteiger partial charge in [-0.25, -0.2) is 0 Å². The molecule has 0 saturated heterocycles. The first-order chi connectivity index (χ1) is 4.83. The van der Waals surface area contributed by atoms with Gasteiger partial charge in [-0.2, -0.15) is 6.92 Å². The SMILES string of the molecule is CCCCCCC.C[CH-]I.I.[V]. The minimum atomic E-state index is 0. The molecule has 0 aliphatic rings. The van der Waals surface area contributed by atoms with Gasteiger partial charge in [-0.1, -0.05) is 46.0 Å². The van der Waals surface area contributed by atoms with Gasteiger partial charge in [-0.3, -0.25) is 4.43 Å². The molecular weight excluding hydrogens is 413 g/mol. The molecule has 0 aliphatic carbocycles. The molecule has 0 N–H and O–H groups in total. The van der Waals surface area contributed by atoms with Crippen LogP contribution in [0.2, 0.25) is 0 Å². The van der Waals surface area contributed by atoms with Crippen molar-refractivity contribution in [3.63, 3.8) is 0 Å². The van der Waals surface area contributed by atoms with Crippen molar-refractivity contribution in [2.45, 2.75) is 52.9 Å². The van der Waals surface area contributed by atoms with Crippen molar-refractivity contribution in [2.75, 3.05) is 0 Å². The van der Waals surface area contributed by atoms with E-state index in [1.807, 2.05) is 11.4 Å². The molecule has 0 unspecified atom stereocenters. The second-order valence-electron chi connectivity index (χ2n) is 2.28. The van der Waals surface area contributed by atoms with Crippen molar-refractivity contribution >= 4 is 46.6 Å². The second-order valence-corrected chi connectivity index (χ2v) is 3.52. The van der Waals surface area contributed by atoms with Crippen LogP contribution >= 0.6 is 46.6 Å². The Morgan fingerprint density at radius 3 is 1.42 bits per heavy atom. The summed E-state index contributed by atoms with van der Waals surface area (Å²) in [5.74, 6) is 0. The summed E-state index contributed by atoms with van der Waals surface area (Å²) >= 11 is 2.16. The maximum absolute atomic E-state index is 2.25. The minimum Gasteiger partial charge on any atom is -0.316 e. The summed E-state index contributed by atoms with van der Waals surface area (Å²) < 4.78 is 1.97. The molecule has 3 heteroatoms. The third kappa shape index (κ3) is 40.2. The smallest absolute Gasteiger partial charge is 0 e. The molecule has 12 heavy (non-hydrogen) atoms. The molecule has 1 radical (unpaired) electrons. The van der Waals surface area contributed by atoms with Crippen LogP contribution in [0.15, 0.2) is 0 Å². The Morgan fingerprint density at radius 1 is 1.00 bits per heavy atom. The van der Waals surface area contributed by atoms with Crippen molar-refractivity contribution in [1.82, 2.24) is 0 Å². The van der Waals surface area contributed by atoms with E-state index in [9.17, 15) is 0 Å². The molecule has 0 aromatic heterocycles. The predicted molar refractivity (Wildman–Crippen MR) is 73.8 cm³/mol. The van der Waals surface area contributed by atoms with E-state index in [0.29, 0.717) is 0 Å². The van der Waals surface area contributed by atoms with Crippen LogP contribution in [-0.4, -0.2) is 0 Å². The molecule has 0 rings (SSSR count). The maximum atomic E-state index is 2.25. The van der Waals surface area contributed by atoms with Crippen LogP contribution in [0, 0.1) is 4.43 Å². The van der Waals surface area contributed by atoms with Gasteiger partial charge in [0.1, 0.15) is 0 Å². The third-order valence-electron chi connectivity index (χ3n) is 1.21. The summed E-state index contributed by atoms with van der Waals surface area (Å²) in [6, 6.07) is 0. The molecule has 0 saturated carbocycles. The molecule has 0 atom stereocenters. The van der Waals surface area contributed by atoms with E-state index in [2.05, 4.69) is 36.4 Å². The molecule has 0 bridgehead atoms. The van der Waals surface area contributed by atoms with Gasteiger partial charge in [0.2, 0.25) is 0 Å². The molecule has 0 spiro atoms. The topological polar surface area (TPSA) is 0 Å². The number of hydrogen-bond acceptors (Lipinski definition) is 0. The van der Waals surface area contributed by atoms with E-state index in [0.717, 1.165) is 0 Å². The van der Waals surface area contributed by atoms with Crippen molar-refractivity contribution in [1.29, 1.82) is 0 Å². The largest absolute Gasteiger partial charge is 0.316 e. The first-order valence-corrected chi connectivity index (χ1v) is 5.46. The zero-order valence-corrected chi connectivity index (χ0v) is 14.2. The van der Waals surface area contributed by atoms with E-state index in [1.165, 1.54) is 32.1 Å². The fraction of sp³-hybridized carbons (Fsp3) is 0.889. The Bertz CT molecular complexity index is 39.5. The molecule has 0 aliphatic heterocycles. The van der Waals surface area contributed by atoms with Crippen LogP contribution < -0.4 is 0 Å². The molecule has 0 aromatic carbocycles. The van der Waals surface area contributed by atoms with E-state index in [4.69, 9.17) is 0 Å². The van der Waals surface area contributed by atoms with E-state index in [1.54, 1.807) is 0 Å². The monoisotopic (exact) mass is 434 g/mol. The fourth-order valence-electron chi connectivity index (χ4n) is 0.677. The number of halogens is 2. The third-order valence-corrected chi connectivity index (χ3v) is 1.21. The summed E-state index contributed by atoms with van der Waals surface area (Å²) in [6.07, 6.45) is 7.01. The van der Waals surface area contributed by atoms with E-state index < -0.39 is 0 Å². The molecule has 0 nitrogen and oxygen atoms in total. The van der Waals surface area contributed by atoms with Gasteiger partial charge < -0.3 is 22.6 Å². The summed E-state index contributed by atoms with van der Waals surface area (Å²) in [4.78, 5) is 0. The standard InChI is InChI=1S/C7H16.C2H4I.HI.V/c1-3-5-7-6-4-2;1-2-3;;/h3-7H2,1-2H3;2H,1H3;1H;/q;-1;;. The van der Waals surface area contributed by atoms with Crippen LogP contribution in [0.5, 0.6) is 0 Å². The van der Waals surface area contributed by atoms with Crippen molar-refractivity contribution < 1.29 is 18.6 Å². The average Bonchev–Trinajstić information content (AvgIpc) is 1.91. The zero-order valence-electron chi connectivity index (χ0n) is 8.35. The van der Waals surface area contributed by atoms with Crippen molar-refractivity contribution in [3.8, 4) is 0 Å². The second kappa shape index (κ2) is 29.2. The summed E-state index contributed by atoms with van der Waals surface area (Å²) in [7, 11) is 0. The van der Waals surface area contributed by atoms with Gasteiger partial charge in [0, 0.05) is 18.6 Å². The van der Waals surface area contributed by atoms with Gasteiger partial charge in [-0.05, 0) is 0 Å². The van der Waals surface area contributed by atoms with Crippen LogP contribution in [0.25, 0.3) is 0 Å². The van der Waals surface area contributed by atoms with Crippen LogP contribution in [0.1, 0.15) is 52.9 Å². The van der Waals surface area contributed by atoms with Crippen LogP contribution in [-0.2, 0) is 18.6 Å². The van der Waals surface area contributed by atoms with Crippen molar-refractivity contribution in [3.05, 3.63) is 4.43 Å². The Labute approximate surface area is 121 Å². The maximum Gasteiger partial charge on any atom is 0 e. The number of unbranched alkanes of at least 4 members (excludes halogenated alkanes) is 4. The first-order valence-electron chi connectivity index (χ1n) is 4.21. The average molecular weight is 434 g/mol. The Kier molecular flexibility index (Phi) is 57.7. The molecule has 0 amide bonds. The molecular formula is C9H21I2V-. The van der Waals surface area contributed by atoms with E-state index in [-0.39, 0.29) is 42.5 Å². The van der Waals surface area contributed by atoms with Gasteiger partial charge in [0.05, 0.1) is 0 Å². The van der Waals surface area contributed by atoms with Gasteiger partial charge in [0.25, 0.3) is 0 Å². The predicted octanol–water partition coefficient (Wildman–Crippen LogP) is 5.20. The minimum absolute atomic E-state index is 0. The molecule has 0 heterocycles. The fourth-order valence-corrected chi connectivity index (χ4v) is 0.677. The van der Waals surface area contributed by atoms with Gasteiger partial charge in [0.15, 0.2) is 0 Å². The Balaban J connectivity index is -0.0000000569. The summed E-state index contributed by atoms with van der Waals surface area (Å²) in [6.45, 7) is 6.48. The van der Waals surface area contributed by atoms with Gasteiger partial charge >= 0.3 is 0 Å². The molecule has 77 valence electrons. The van der Waals surface area contributed by atoms with Gasteiger partial charge in [-0.15, -0.1) is 24.0 Å². The van der Waals surface area contributed by atoms with Crippen LogP contribution in [0.3, 0.4) is 0 Å². The summed E-state index contributed by atoms with van der Waals surface area (Å²) in [5, 5.41) is 0. The number of rotatable bonds is 4. The quantitative estimate of drug-likeness (QED) is 0.325. The first kappa shape index (κ1) is 23.7. The molecule has 0 aromatic rings. The Morgan fingerprint density at radius 2 is 1.25 bits per heavy atom. The Hall–Kier alpha value is 2.04. The normalized spacial score (nSPS) is 7.00. The molecule has 0 fully saturated rings. The zero-order chi connectivity index (χ0) is 8.24. The summed E-state index contributed by atoms with van der Waals surface area (Å²) in [5.41, 5.74) is 0. The van der Waals surface area contributed by atoms with E-state index >= 15 is 0 Å². The number of hydrogen-bond donors (Lipinski definition) is 0.